The molecule has 1 aliphatic carbocycles. The number of likely N-dealkylation sites (N-methyl/N-ethyl adjacent to an activating group) is 1. The van der Waals surface area contributed by atoms with Crippen molar-refractivity contribution in [2.24, 2.45) is 5.92 Å². The summed E-state index contributed by atoms with van der Waals surface area (Å²) < 4.78 is 11.0. The maximum Gasteiger partial charge on any atom is 0.409 e. The van der Waals surface area contributed by atoms with Gasteiger partial charge in [-0.3, -0.25) is 4.79 Å². The normalized spacial score (nSPS) is 14.5. The van der Waals surface area contributed by atoms with Gasteiger partial charge in [0, 0.05) is 62.8 Å². The van der Waals surface area contributed by atoms with Crippen LogP contribution in [0.2, 0.25) is 30.7 Å². The molecule has 0 radical (unpaired) electrons. The van der Waals surface area contributed by atoms with E-state index in [2.05, 4.69) is 35.2 Å². The molecule has 48 heavy (non-hydrogen) atoms. The fourth-order valence-corrected chi connectivity index (χ4v) is 6.74. The van der Waals surface area contributed by atoms with E-state index in [0.29, 0.717) is 49.2 Å². The van der Waals surface area contributed by atoms with E-state index in [0.717, 1.165) is 36.7 Å². The molecule has 0 bridgehead atoms. The first-order valence-electron chi connectivity index (χ1n) is 17.4. The minimum Gasteiger partial charge on any atom is -0.450 e. The third kappa shape index (κ3) is 14.5. The molecule has 11 heteroatoms. The van der Waals surface area contributed by atoms with Gasteiger partial charge in [-0.05, 0) is 82.0 Å². The second-order valence-electron chi connectivity index (χ2n) is 15.2. The fraction of sp³-hybridized carbons (Fsp3) is 0.595. The quantitative estimate of drug-likeness (QED) is 0.142. The van der Waals surface area contributed by atoms with Crippen LogP contribution < -0.4 is 15.5 Å². The Morgan fingerprint density at radius 1 is 1.00 bits per heavy atom. The third-order valence-corrected chi connectivity index (χ3v) is 10.3. The zero-order valence-electron chi connectivity index (χ0n) is 30.1. The van der Waals surface area contributed by atoms with Crippen molar-refractivity contribution < 1.29 is 23.9 Å². The molecular formula is C37H57ClN4O5Si. The van der Waals surface area contributed by atoms with Gasteiger partial charge in [0.2, 0.25) is 0 Å². The third-order valence-electron chi connectivity index (χ3n) is 8.33. The van der Waals surface area contributed by atoms with Crippen LogP contribution in [0.5, 0.6) is 0 Å². The molecule has 2 N–H and O–H groups in total. The maximum atomic E-state index is 13.8. The van der Waals surface area contributed by atoms with Crippen LogP contribution in [0.15, 0.2) is 48.5 Å². The zero-order valence-corrected chi connectivity index (χ0v) is 31.8. The summed E-state index contributed by atoms with van der Waals surface area (Å²) >= 11 is 6.37. The van der Waals surface area contributed by atoms with Crippen molar-refractivity contribution in [1.29, 1.82) is 0 Å². The Morgan fingerprint density at radius 2 is 1.67 bits per heavy atom. The number of rotatable bonds is 15. The Labute approximate surface area is 294 Å². The number of carbonyl (C=O) groups excluding carboxylic acids is 3. The molecule has 0 spiro atoms. The smallest absolute Gasteiger partial charge is 0.409 e. The van der Waals surface area contributed by atoms with E-state index in [1.54, 1.807) is 11.9 Å². The molecule has 2 aromatic rings. The molecule has 3 amide bonds. The van der Waals surface area contributed by atoms with E-state index in [1.807, 2.05) is 69.3 Å². The number of anilines is 2. The second-order valence-corrected chi connectivity index (χ2v) is 21.2. The predicted octanol–water partition coefficient (Wildman–Crippen LogP) is 8.87. The van der Waals surface area contributed by atoms with Gasteiger partial charge in [0.15, 0.2) is 0 Å². The summed E-state index contributed by atoms with van der Waals surface area (Å²) in [5.74, 6) is 0.329. The van der Waals surface area contributed by atoms with Gasteiger partial charge in [-0.15, -0.1) is 0 Å². The van der Waals surface area contributed by atoms with Gasteiger partial charge >= 0.3 is 12.2 Å². The number of amides is 3. The lowest BCUT2D eigenvalue weighted by molar-refractivity contribution is 0.0527. The van der Waals surface area contributed by atoms with Gasteiger partial charge in [0.25, 0.3) is 5.91 Å². The van der Waals surface area contributed by atoms with E-state index in [9.17, 15) is 14.4 Å². The molecule has 0 unspecified atom stereocenters. The van der Waals surface area contributed by atoms with E-state index < -0.39 is 19.8 Å². The van der Waals surface area contributed by atoms with Crippen LogP contribution in [0, 0.1) is 5.92 Å². The maximum absolute atomic E-state index is 13.8. The van der Waals surface area contributed by atoms with E-state index >= 15 is 0 Å². The molecule has 0 aromatic heterocycles. The molecule has 1 aliphatic rings. The van der Waals surface area contributed by atoms with Gasteiger partial charge < -0.3 is 29.9 Å². The number of hydrogen-bond donors (Lipinski definition) is 2. The topological polar surface area (TPSA) is 100 Å². The standard InChI is InChI=1S/C37H57ClN4O5Si/c1-37(2,3)47-35(44)39-20-13-21-42(33-19-12-17-30(38)26-33)32-18-11-16-29(25-32)34(43)40-31(24-28-14-9-8-10-15-28)27-41(4)36(45)46-22-23-48(5,6)7/h11-12,16-19,25-26,28,31H,8-10,13-15,20-24,27H2,1-7H3,(H,39,44)(H,40,43)/t31-/m0/s1. The highest BCUT2D eigenvalue weighted by molar-refractivity contribution is 6.76. The summed E-state index contributed by atoms with van der Waals surface area (Å²) in [6.45, 7) is 14.1. The number of alkyl carbamates (subject to hydrolysis) is 1. The van der Waals surface area contributed by atoms with Gasteiger partial charge in [-0.2, -0.15) is 0 Å². The molecule has 1 saturated carbocycles. The molecule has 2 aromatic carbocycles. The van der Waals surface area contributed by atoms with E-state index in [-0.39, 0.29) is 18.0 Å². The largest absolute Gasteiger partial charge is 0.450 e. The summed E-state index contributed by atoms with van der Waals surface area (Å²) in [6.07, 6.45) is 6.59. The number of hydrogen-bond acceptors (Lipinski definition) is 6. The minimum absolute atomic E-state index is 0.184. The van der Waals surface area contributed by atoms with Crippen LogP contribution in [0.4, 0.5) is 21.0 Å². The van der Waals surface area contributed by atoms with Crippen LogP contribution in [0.25, 0.3) is 0 Å². The number of carbonyl (C=O) groups is 3. The lowest BCUT2D eigenvalue weighted by Crippen LogP contribution is -2.45. The minimum atomic E-state index is -1.32. The van der Waals surface area contributed by atoms with Crippen molar-refractivity contribution in [1.82, 2.24) is 15.5 Å². The van der Waals surface area contributed by atoms with Crippen molar-refractivity contribution >= 4 is 49.1 Å². The molecule has 9 nitrogen and oxygen atoms in total. The lowest BCUT2D eigenvalue weighted by Gasteiger charge is -2.30. The lowest BCUT2D eigenvalue weighted by atomic mass is 9.84. The van der Waals surface area contributed by atoms with Gasteiger partial charge in [-0.25, -0.2) is 9.59 Å². The molecule has 1 atom stereocenters. The molecular weight excluding hydrogens is 644 g/mol. The summed E-state index contributed by atoms with van der Waals surface area (Å²) in [5, 5.41) is 6.69. The Kier molecular flexibility index (Phi) is 15.1. The van der Waals surface area contributed by atoms with Crippen LogP contribution in [-0.4, -0.2) is 76.0 Å². The van der Waals surface area contributed by atoms with Crippen molar-refractivity contribution in [3.05, 3.63) is 59.1 Å². The van der Waals surface area contributed by atoms with Gasteiger partial charge in [-0.1, -0.05) is 75.5 Å². The Bertz CT molecular complexity index is 1340. The van der Waals surface area contributed by atoms with Crippen molar-refractivity contribution in [3.63, 3.8) is 0 Å². The molecule has 3 rings (SSSR count). The Balaban J connectivity index is 1.74. The van der Waals surface area contributed by atoms with Crippen molar-refractivity contribution in [3.8, 4) is 0 Å². The molecule has 0 heterocycles. The monoisotopic (exact) mass is 700 g/mol. The Hall–Kier alpha value is -3.24. The van der Waals surface area contributed by atoms with Crippen molar-refractivity contribution in [2.45, 2.75) is 103 Å². The molecule has 0 aliphatic heterocycles. The zero-order chi connectivity index (χ0) is 35.3. The van der Waals surface area contributed by atoms with Crippen LogP contribution >= 0.6 is 11.6 Å². The highest BCUT2D eigenvalue weighted by Crippen LogP contribution is 2.30. The first-order valence-corrected chi connectivity index (χ1v) is 21.5. The van der Waals surface area contributed by atoms with Crippen molar-refractivity contribution in [2.75, 3.05) is 38.2 Å². The van der Waals surface area contributed by atoms with Crippen LogP contribution in [-0.2, 0) is 9.47 Å². The molecule has 266 valence electrons. The fourth-order valence-electron chi connectivity index (χ4n) is 5.84. The van der Waals surface area contributed by atoms with E-state index in [4.69, 9.17) is 21.1 Å². The van der Waals surface area contributed by atoms with Gasteiger partial charge in [0.1, 0.15) is 5.60 Å². The summed E-state index contributed by atoms with van der Waals surface area (Å²) in [7, 11) is 0.424. The summed E-state index contributed by atoms with van der Waals surface area (Å²) in [5.41, 5.74) is 1.66. The first kappa shape index (κ1) is 39.2. The number of ether oxygens (including phenoxy) is 2. The number of nitrogens with one attached hydrogen (secondary N) is 2. The van der Waals surface area contributed by atoms with Crippen LogP contribution in [0.3, 0.4) is 0 Å². The average molecular weight is 701 g/mol. The SMILES string of the molecule is CN(C[C@H](CC1CCCCC1)NC(=O)c1cccc(N(CCCNC(=O)OC(C)(C)C)c2cccc(Cl)c2)c1)C(=O)OCC[Si](C)(C)C. The number of benzene rings is 2. The highest BCUT2D eigenvalue weighted by Gasteiger charge is 2.25. The number of halogens is 1. The predicted molar refractivity (Wildman–Crippen MR) is 198 cm³/mol. The highest BCUT2D eigenvalue weighted by atomic mass is 35.5. The number of nitrogens with zero attached hydrogens (tertiary/aromatic N) is 2. The van der Waals surface area contributed by atoms with Gasteiger partial charge in [0.05, 0.1) is 6.61 Å². The Morgan fingerprint density at radius 3 is 2.31 bits per heavy atom. The second kappa shape index (κ2) is 18.5. The molecule has 1 fully saturated rings. The summed E-state index contributed by atoms with van der Waals surface area (Å²) in [6, 6.07) is 15.8. The first-order chi connectivity index (χ1) is 22.6. The molecule has 0 saturated heterocycles. The average Bonchev–Trinajstić information content (AvgIpc) is 3.00. The van der Waals surface area contributed by atoms with E-state index in [1.165, 1.54) is 19.3 Å². The summed E-state index contributed by atoms with van der Waals surface area (Å²) in [4.78, 5) is 42.5. The van der Waals surface area contributed by atoms with Crippen LogP contribution in [0.1, 0.15) is 76.1 Å².